The molecule has 0 fully saturated rings. The molecule has 0 N–H and O–H groups in total. The highest BCUT2D eigenvalue weighted by molar-refractivity contribution is 6.15. The van der Waals surface area contributed by atoms with Crippen molar-refractivity contribution in [2.75, 3.05) is 6.54 Å². The predicted octanol–water partition coefficient (Wildman–Crippen LogP) is 3.82. The molecule has 4 rings (SSSR count). The zero-order chi connectivity index (χ0) is 18.3. The monoisotopic (exact) mass is 360 g/mol. The maximum Gasteiger partial charge on any atom is 0.416 e. The first-order valence-electron chi connectivity index (χ1n) is 7.85. The summed E-state index contributed by atoms with van der Waals surface area (Å²) < 4.78 is 55.7. The van der Waals surface area contributed by atoms with Gasteiger partial charge >= 0.3 is 6.18 Å². The van der Waals surface area contributed by atoms with Gasteiger partial charge < -0.3 is 0 Å². The molecule has 0 saturated carbocycles. The van der Waals surface area contributed by atoms with Gasteiger partial charge in [0, 0.05) is 24.1 Å². The second-order valence-electron chi connectivity index (χ2n) is 5.81. The van der Waals surface area contributed by atoms with Gasteiger partial charge in [-0.1, -0.05) is 12.1 Å². The van der Waals surface area contributed by atoms with Gasteiger partial charge in [-0.15, -0.1) is 10.2 Å². The molecule has 0 unspecified atom stereocenters. The highest BCUT2D eigenvalue weighted by Gasteiger charge is 2.32. The lowest BCUT2D eigenvalue weighted by molar-refractivity contribution is -0.137. The van der Waals surface area contributed by atoms with E-state index in [1.165, 1.54) is 30.6 Å². The van der Waals surface area contributed by atoms with Gasteiger partial charge in [0.15, 0.2) is 0 Å². The molecule has 0 spiro atoms. The van der Waals surface area contributed by atoms with Crippen LogP contribution >= 0.6 is 0 Å². The van der Waals surface area contributed by atoms with Crippen molar-refractivity contribution in [3.05, 3.63) is 77.1 Å². The van der Waals surface area contributed by atoms with Gasteiger partial charge in [0.1, 0.15) is 18.0 Å². The zero-order valence-electron chi connectivity index (χ0n) is 13.3. The van der Waals surface area contributed by atoms with E-state index in [1.54, 1.807) is 10.6 Å². The lowest BCUT2D eigenvalue weighted by Gasteiger charge is -2.19. The van der Waals surface area contributed by atoms with E-state index in [4.69, 9.17) is 0 Å². The van der Waals surface area contributed by atoms with Crippen LogP contribution in [0.2, 0.25) is 0 Å². The maximum absolute atomic E-state index is 14.3. The van der Waals surface area contributed by atoms with Gasteiger partial charge in [-0.3, -0.25) is 9.56 Å². The quantitative estimate of drug-likeness (QED) is 0.619. The van der Waals surface area contributed by atoms with Crippen LogP contribution in [0.15, 0.2) is 53.8 Å². The molecule has 1 aliphatic rings. The molecule has 2 aromatic carbocycles. The minimum absolute atomic E-state index is 0.157. The number of halogens is 4. The number of rotatable bonds is 1. The first-order chi connectivity index (χ1) is 12.4. The molecule has 3 aromatic rings. The lowest BCUT2D eigenvalue weighted by atomic mass is 9.97. The summed E-state index contributed by atoms with van der Waals surface area (Å²) >= 11 is 0. The molecule has 0 aliphatic carbocycles. The number of alkyl halides is 3. The number of aliphatic imine (C=N–C) groups is 1. The van der Waals surface area contributed by atoms with Crippen LogP contribution in [0, 0.1) is 5.82 Å². The van der Waals surface area contributed by atoms with E-state index in [2.05, 4.69) is 15.2 Å². The Bertz CT molecular complexity index is 1000. The number of aromatic nitrogens is 3. The summed E-state index contributed by atoms with van der Waals surface area (Å²) in [5, 5.41) is 7.83. The molecule has 1 aliphatic heterocycles. The standard InChI is InChI=1S/C18H12F4N4/c19-14-4-2-1-3-12(14)17-13-9-11(18(20,21)22)5-6-15(13)26-10-24-25-16(26)7-8-23-17/h1-6,9-10H,7-8H2. The van der Waals surface area contributed by atoms with Crippen molar-refractivity contribution < 1.29 is 17.6 Å². The fraction of sp³-hybridized carbons (Fsp3) is 0.167. The summed E-state index contributed by atoms with van der Waals surface area (Å²) in [4.78, 5) is 4.39. The Labute approximate surface area is 145 Å². The molecule has 4 nitrogen and oxygen atoms in total. The average molecular weight is 360 g/mol. The van der Waals surface area contributed by atoms with Crippen molar-refractivity contribution in [3.8, 4) is 5.69 Å². The van der Waals surface area contributed by atoms with Gasteiger partial charge in [-0.25, -0.2) is 4.39 Å². The van der Waals surface area contributed by atoms with Crippen LogP contribution in [-0.4, -0.2) is 27.0 Å². The molecule has 2 heterocycles. The zero-order valence-corrected chi connectivity index (χ0v) is 13.3. The van der Waals surface area contributed by atoms with Crippen LogP contribution in [0.5, 0.6) is 0 Å². The second kappa shape index (κ2) is 6.05. The summed E-state index contributed by atoms with van der Waals surface area (Å²) in [6, 6.07) is 9.23. The fourth-order valence-corrected chi connectivity index (χ4v) is 2.98. The second-order valence-corrected chi connectivity index (χ2v) is 5.81. The first kappa shape index (κ1) is 16.4. The Morgan fingerprint density at radius 1 is 1.00 bits per heavy atom. The summed E-state index contributed by atoms with van der Waals surface area (Å²) in [5.41, 5.74) is 0.133. The van der Waals surface area contributed by atoms with Crippen LogP contribution in [-0.2, 0) is 12.6 Å². The lowest BCUT2D eigenvalue weighted by Crippen LogP contribution is -2.17. The third kappa shape index (κ3) is 2.77. The molecule has 26 heavy (non-hydrogen) atoms. The Morgan fingerprint density at radius 2 is 1.81 bits per heavy atom. The normalized spacial score (nSPS) is 14.1. The third-order valence-corrected chi connectivity index (χ3v) is 4.19. The number of fused-ring (bicyclic) bond motifs is 3. The predicted molar refractivity (Wildman–Crippen MR) is 87.0 cm³/mol. The molecule has 0 saturated heterocycles. The smallest absolute Gasteiger partial charge is 0.285 e. The van der Waals surface area contributed by atoms with Crippen molar-refractivity contribution in [3.63, 3.8) is 0 Å². The summed E-state index contributed by atoms with van der Waals surface area (Å²) in [6.45, 7) is 0.262. The van der Waals surface area contributed by atoms with Crippen molar-refractivity contribution in [1.29, 1.82) is 0 Å². The van der Waals surface area contributed by atoms with Crippen molar-refractivity contribution in [1.82, 2.24) is 14.8 Å². The van der Waals surface area contributed by atoms with Crippen molar-refractivity contribution >= 4 is 5.71 Å². The van der Waals surface area contributed by atoms with E-state index in [-0.39, 0.29) is 23.4 Å². The number of nitrogens with zero attached hydrogens (tertiary/aromatic N) is 4. The summed E-state index contributed by atoms with van der Waals surface area (Å²) in [5.74, 6) is 0.0431. The van der Waals surface area contributed by atoms with Crippen LogP contribution in [0.4, 0.5) is 17.6 Å². The number of benzene rings is 2. The molecule has 0 atom stereocenters. The number of hydrogen-bond donors (Lipinski definition) is 0. The van der Waals surface area contributed by atoms with Crippen LogP contribution in [0.25, 0.3) is 5.69 Å². The molecular weight excluding hydrogens is 348 g/mol. The van der Waals surface area contributed by atoms with E-state index >= 15 is 0 Å². The minimum atomic E-state index is -4.52. The van der Waals surface area contributed by atoms with Gasteiger partial charge in [0.25, 0.3) is 0 Å². The van der Waals surface area contributed by atoms with Gasteiger partial charge in [0.05, 0.1) is 17.0 Å². The average Bonchev–Trinajstić information content (AvgIpc) is 3.04. The highest BCUT2D eigenvalue weighted by Crippen LogP contribution is 2.33. The molecule has 0 bridgehead atoms. The summed E-state index contributed by atoms with van der Waals surface area (Å²) in [7, 11) is 0. The molecule has 1 aromatic heterocycles. The largest absolute Gasteiger partial charge is 0.416 e. The van der Waals surface area contributed by atoms with Crippen LogP contribution in [0.1, 0.15) is 22.5 Å². The van der Waals surface area contributed by atoms with Gasteiger partial charge in [0.2, 0.25) is 0 Å². The van der Waals surface area contributed by atoms with Gasteiger partial charge in [-0.05, 0) is 30.3 Å². The third-order valence-electron chi connectivity index (χ3n) is 4.19. The Balaban J connectivity index is 2.00. The first-order valence-corrected chi connectivity index (χ1v) is 7.85. The highest BCUT2D eigenvalue weighted by atomic mass is 19.4. The molecule has 0 radical (unpaired) electrons. The minimum Gasteiger partial charge on any atom is -0.285 e. The Kier molecular flexibility index (Phi) is 3.82. The van der Waals surface area contributed by atoms with Crippen molar-refractivity contribution in [2.45, 2.75) is 12.6 Å². The van der Waals surface area contributed by atoms with E-state index in [1.807, 2.05) is 0 Å². The topological polar surface area (TPSA) is 43.1 Å². The van der Waals surface area contributed by atoms with E-state index in [0.29, 0.717) is 17.9 Å². The van der Waals surface area contributed by atoms with E-state index in [9.17, 15) is 17.6 Å². The van der Waals surface area contributed by atoms with Crippen molar-refractivity contribution in [2.24, 2.45) is 4.99 Å². The SMILES string of the molecule is Fc1ccccc1C1=NCCc2nncn2-c2ccc(C(F)(F)F)cc21. The van der Waals surface area contributed by atoms with E-state index < -0.39 is 17.6 Å². The van der Waals surface area contributed by atoms with Crippen LogP contribution in [0.3, 0.4) is 0 Å². The molecule has 0 amide bonds. The molecular formula is C18H12F4N4. The molecule has 132 valence electrons. The van der Waals surface area contributed by atoms with E-state index in [0.717, 1.165) is 12.1 Å². The van der Waals surface area contributed by atoms with Gasteiger partial charge in [-0.2, -0.15) is 13.2 Å². The Hall–Kier alpha value is -3.03. The Morgan fingerprint density at radius 3 is 2.58 bits per heavy atom. The molecule has 8 heteroatoms. The maximum atomic E-state index is 14.3. The van der Waals surface area contributed by atoms with Crippen LogP contribution < -0.4 is 0 Å². The summed E-state index contributed by atoms with van der Waals surface area (Å²) in [6.07, 6.45) is -2.64. The fourth-order valence-electron chi connectivity index (χ4n) is 2.98. The number of hydrogen-bond acceptors (Lipinski definition) is 3.